The van der Waals surface area contributed by atoms with Crippen molar-refractivity contribution in [3.63, 3.8) is 0 Å². The molecular formula is C30H40N4O3. The van der Waals surface area contributed by atoms with Crippen molar-refractivity contribution in [1.29, 1.82) is 0 Å². The number of hydrogen-bond donors (Lipinski definition) is 2. The molecule has 0 aromatic heterocycles. The fourth-order valence-corrected chi connectivity index (χ4v) is 5.29. The van der Waals surface area contributed by atoms with Gasteiger partial charge in [-0.1, -0.05) is 50.6 Å². The zero-order chi connectivity index (χ0) is 26.7. The number of benzene rings is 2. The Morgan fingerprint density at radius 2 is 1.46 bits per heavy atom. The Balaban J connectivity index is 1.63. The van der Waals surface area contributed by atoms with E-state index in [1.165, 1.54) is 0 Å². The van der Waals surface area contributed by atoms with Crippen molar-refractivity contribution >= 4 is 17.7 Å². The molecule has 1 saturated carbocycles. The largest absolute Gasteiger partial charge is 0.350 e. The normalized spacial score (nSPS) is 22.5. The highest BCUT2D eigenvalue weighted by Crippen LogP contribution is 2.25. The summed E-state index contributed by atoms with van der Waals surface area (Å²) in [6.45, 7) is 9.13. The summed E-state index contributed by atoms with van der Waals surface area (Å²) in [6, 6.07) is 15.1. The minimum Gasteiger partial charge on any atom is -0.350 e. The molecule has 1 heterocycles. The molecular weight excluding hydrogens is 464 g/mol. The summed E-state index contributed by atoms with van der Waals surface area (Å²) in [6.07, 6.45) is 2.90. The Hall–Kier alpha value is -3.19. The molecule has 0 radical (unpaired) electrons. The van der Waals surface area contributed by atoms with Crippen LogP contribution in [-0.2, 0) is 10.2 Å². The Morgan fingerprint density at radius 1 is 0.865 bits per heavy atom. The molecule has 7 nitrogen and oxygen atoms in total. The molecule has 37 heavy (non-hydrogen) atoms. The molecule has 3 N–H and O–H groups in total. The number of hydrogen-bond acceptors (Lipinski definition) is 4. The summed E-state index contributed by atoms with van der Waals surface area (Å²) in [5.74, 6) is -0.788. The predicted molar refractivity (Wildman–Crippen MR) is 145 cm³/mol. The Morgan fingerprint density at radius 3 is 2.03 bits per heavy atom. The monoisotopic (exact) mass is 504 g/mol. The molecule has 2 aliphatic rings. The molecule has 1 saturated heterocycles. The zero-order valence-electron chi connectivity index (χ0n) is 22.5. The first kappa shape index (κ1) is 26.9. The smallest absolute Gasteiger partial charge is 0.264 e. The van der Waals surface area contributed by atoms with Crippen LogP contribution in [0.4, 0.5) is 0 Å². The van der Waals surface area contributed by atoms with Gasteiger partial charge in [0.05, 0.1) is 0 Å². The fraction of sp³-hybridized carbons (Fsp3) is 0.500. The minimum absolute atomic E-state index is 0.00632. The molecule has 1 atom stereocenters. The highest BCUT2D eigenvalue weighted by Gasteiger charge is 2.41. The SMILES string of the molecule is Cc1cccc(C(=O)N2CCCN(C(=O)c3ccc(C(C)(C)C)cc3)C2C(=O)NC2CCC(N)CC2)c1. The number of carbonyl (C=O) groups excluding carboxylic acids is 3. The van der Waals surface area contributed by atoms with Crippen LogP contribution in [0.15, 0.2) is 48.5 Å². The van der Waals surface area contributed by atoms with E-state index in [9.17, 15) is 14.4 Å². The zero-order valence-corrected chi connectivity index (χ0v) is 22.5. The third kappa shape index (κ3) is 6.21. The quantitative estimate of drug-likeness (QED) is 0.658. The van der Waals surface area contributed by atoms with E-state index in [1.54, 1.807) is 15.9 Å². The Kier molecular flexibility index (Phi) is 8.02. The number of amides is 3. The predicted octanol–water partition coefficient (Wildman–Crippen LogP) is 3.99. The van der Waals surface area contributed by atoms with Gasteiger partial charge in [0.2, 0.25) is 0 Å². The molecule has 1 aliphatic heterocycles. The van der Waals surface area contributed by atoms with E-state index >= 15 is 0 Å². The highest BCUT2D eigenvalue weighted by atomic mass is 16.2. The van der Waals surface area contributed by atoms with Crippen LogP contribution >= 0.6 is 0 Å². The van der Waals surface area contributed by atoms with Crippen LogP contribution in [-0.4, -0.2) is 58.9 Å². The molecule has 1 aliphatic carbocycles. The third-order valence-corrected chi connectivity index (χ3v) is 7.53. The second-order valence-electron chi connectivity index (χ2n) is 11.5. The van der Waals surface area contributed by atoms with Crippen LogP contribution < -0.4 is 11.1 Å². The number of rotatable bonds is 4. The maximum absolute atomic E-state index is 13.8. The highest BCUT2D eigenvalue weighted by molar-refractivity contribution is 6.01. The molecule has 2 fully saturated rings. The average molecular weight is 505 g/mol. The van der Waals surface area contributed by atoms with Gasteiger partial charge in [-0.05, 0) is 74.3 Å². The van der Waals surface area contributed by atoms with Crippen molar-refractivity contribution in [3.05, 3.63) is 70.8 Å². The summed E-state index contributed by atoms with van der Waals surface area (Å²) in [4.78, 5) is 44.3. The number of nitrogens with one attached hydrogen (secondary N) is 1. The molecule has 4 rings (SSSR count). The van der Waals surface area contributed by atoms with E-state index in [0.717, 1.165) is 36.8 Å². The van der Waals surface area contributed by atoms with Gasteiger partial charge >= 0.3 is 0 Å². The minimum atomic E-state index is -1.01. The van der Waals surface area contributed by atoms with E-state index in [2.05, 4.69) is 26.1 Å². The van der Waals surface area contributed by atoms with Gasteiger partial charge in [-0.3, -0.25) is 14.4 Å². The van der Waals surface area contributed by atoms with Crippen LogP contribution in [0, 0.1) is 6.92 Å². The summed E-state index contributed by atoms with van der Waals surface area (Å²) in [7, 11) is 0. The molecule has 1 unspecified atom stereocenters. The van der Waals surface area contributed by atoms with Crippen LogP contribution in [0.5, 0.6) is 0 Å². The van der Waals surface area contributed by atoms with Crippen molar-refractivity contribution in [2.75, 3.05) is 13.1 Å². The number of nitrogens with zero attached hydrogens (tertiary/aromatic N) is 2. The van der Waals surface area contributed by atoms with Crippen molar-refractivity contribution in [2.45, 2.75) is 83.5 Å². The molecule has 0 bridgehead atoms. The van der Waals surface area contributed by atoms with Gasteiger partial charge in [0, 0.05) is 36.3 Å². The summed E-state index contributed by atoms with van der Waals surface area (Å²) >= 11 is 0. The van der Waals surface area contributed by atoms with Crippen molar-refractivity contribution < 1.29 is 14.4 Å². The lowest BCUT2D eigenvalue weighted by atomic mass is 9.86. The van der Waals surface area contributed by atoms with Crippen molar-refractivity contribution in [2.24, 2.45) is 5.73 Å². The van der Waals surface area contributed by atoms with Crippen molar-refractivity contribution in [1.82, 2.24) is 15.1 Å². The summed E-state index contributed by atoms with van der Waals surface area (Å²) < 4.78 is 0. The topological polar surface area (TPSA) is 95.7 Å². The van der Waals surface area contributed by atoms with Crippen LogP contribution in [0.25, 0.3) is 0 Å². The Bertz CT molecular complexity index is 1130. The van der Waals surface area contributed by atoms with Gasteiger partial charge in [-0.25, -0.2) is 0 Å². The third-order valence-electron chi connectivity index (χ3n) is 7.53. The van der Waals surface area contributed by atoms with E-state index in [0.29, 0.717) is 30.6 Å². The fourth-order valence-electron chi connectivity index (χ4n) is 5.29. The molecule has 7 heteroatoms. The summed E-state index contributed by atoms with van der Waals surface area (Å²) in [5.41, 5.74) is 9.15. The lowest BCUT2D eigenvalue weighted by molar-refractivity contribution is -0.133. The lowest BCUT2D eigenvalue weighted by Gasteiger charge is -2.43. The van der Waals surface area contributed by atoms with Gasteiger partial charge in [-0.2, -0.15) is 0 Å². The molecule has 0 spiro atoms. The van der Waals surface area contributed by atoms with Crippen molar-refractivity contribution in [3.8, 4) is 0 Å². The molecule has 2 aromatic carbocycles. The average Bonchev–Trinajstić information content (AvgIpc) is 2.88. The standard InChI is InChI=1S/C30H40N4O3/c1-20-7-5-8-22(19-20)29(37)34-18-6-17-33(27(34)26(35)32-25-15-13-24(31)14-16-25)28(36)21-9-11-23(12-10-21)30(2,3)4/h5,7-12,19,24-25,27H,6,13-18,31H2,1-4H3,(H,32,35). The lowest BCUT2D eigenvalue weighted by Crippen LogP contribution is -2.64. The van der Waals surface area contributed by atoms with E-state index in [1.807, 2.05) is 49.4 Å². The van der Waals surface area contributed by atoms with Crippen LogP contribution in [0.3, 0.4) is 0 Å². The molecule has 198 valence electrons. The summed E-state index contributed by atoms with van der Waals surface area (Å²) in [5, 5.41) is 3.14. The van der Waals surface area contributed by atoms with Gasteiger partial charge < -0.3 is 20.9 Å². The number of carbonyl (C=O) groups is 3. The molecule has 2 aromatic rings. The second-order valence-corrected chi connectivity index (χ2v) is 11.5. The first-order chi connectivity index (χ1) is 17.5. The Labute approximate surface area is 220 Å². The van der Waals surface area contributed by atoms with E-state index in [4.69, 9.17) is 5.73 Å². The first-order valence-corrected chi connectivity index (χ1v) is 13.4. The van der Waals surface area contributed by atoms with Gasteiger partial charge in [-0.15, -0.1) is 0 Å². The van der Waals surface area contributed by atoms with Crippen LogP contribution in [0.2, 0.25) is 0 Å². The molecule has 3 amide bonds. The number of nitrogens with two attached hydrogens (primary N) is 1. The maximum atomic E-state index is 13.8. The van der Waals surface area contributed by atoms with Gasteiger partial charge in [0.1, 0.15) is 0 Å². The van der Waals surface area contributed by atoms with Gasteiger partial charge in [0.15, 0.2) is 6.17 Å². The van der Waals surface area contributed by atoms with E-state index < -0.39 is 6.17 Å². The van der Waals surface area contributed by atoms with E-state index in [-0.39, 0.29) is 35.2 Å². The first-order valence-electron chi connectivity index (χ1n) is 13.4. The number of aryl methyl sites for hydroxylation is 1. The second kappa shape index (κ2) is 11.1. The maximum Gasteiger partial charge on any atom is 0.264 e. The van der Waals surface area contributed by atoms with Gasteiger partial charge in [0.25, 0.3) is 17.7 Å². The van der Waals surface area contributed by atoms with Crippen LogP contribution in [0.1, 0.15) is 84.7 Å².